The second-order valence-electron chi connectivity index (χ2n) is 6.37. The molecule has 4 rings (SSSR count). The molecule has 0 spiro atoms. The molecule has 0 aliphatic rings. The van der Waals surface area contributed by atoms with E-state index in [1.165, 1.54) is 12.1 Å². The number of H-pyrrole nitrogens is 1. The van der Waals surface area contributed by atoms with Gasteiger partial charge < -0.3 is 10.3 Å². The van der Waals surface area contributed by atoms with Crippen molar-refractivity contribution in [1.82, 2.24) is 24.9 Å². The number of pyridine rings is 1. The summed E-state index contributed by atoms with van der Waals surface area (Å²) >= 11 is 0. The maximum Gasteiger partial charge on any atom is 0.163 e. The fraction of sp³-hybridized carbons (Fsp3) is 0.200. The Balaban J connectivity index is 1.51. The van der Waals surface area contributed by atoms with Gasteiger partial charge in [-0.3, -0.25) is 4.98 Å². The van der Waals surface area contributed by atoms with Gasteiger partial charge in [0.25, 0.3) is 0 Å². The molecular formula is C20H19FN6. The van der Waals surface area contributed by atoms with Crippen LogP contribution in [0.2, 0.25) is 0 Å². The van der Waals surface area contributed by atoms with Gasteiger partial charge in [0.2, 0.25) is 0 Å². The van der Waals surface area contributed by atoms with Crippen molar-refractivity contribution in [3.63, 3.8) is 0 Å². The average molecular weight is 362 g/mol. The van der Waals surface area contributed by atoms with Crippen LogP contribution in [-0.4, -0.2) is 31.5 Å². The fourth-order valence-corrected chi connectivity index (χ4v) is 2.88. The topological polar surface area (TPSA) is 79.4 Å². The van der Waals surface area contributed by atoms with Crippen molar-refractivity contribution in [2.24, 2.45) is 0 Å². The van der Waals surface area contributed by atoms with Crippen LogP contribution in [0.1, 0.15) is 17.1 Å². The minimum atomic E-state index is -0.272. The quantitative estimate of drug-likeness (QED) is 0.564. The molecule has 0 radical (unpaired) electrons. The molecule has 0 bridgehead atoms. The lowest BCUT2D eigenvalue weighted by Gasteiger charge is -2.12. The number of aromatic nitrogens is 5. The van der Waals surface area contributed by atoms with Gasteiger partial charge >= 0.3 is 0 Å². The largest absolute Gasteiger partial charge is 0.369 e. The van der Waals surface area contributed by atoms with Gasteiger partial charge in [0.1, 0.15) is 17.5 Å². The van der Waals surface area contributed by atoms with Crippen LogP contribution in [0.3, 0.4) is 0 Å². The van der Waals surface area contributed by atoms with Crippen LogP contribution in [0.25, 0.3) is 22.4 Å². The maximum atomic E-state index is 13.3. The summed E-state index contributed by atoms with van der Waals surface area (Å²) in [6, 6.07) is 8.35. The molecule has 0 unspecified atom stereocenters. The summed E-state index contributed by atoms with van der Waals surface area (Å²) in [4.78, 5) is 21.0. The molecule has 0 saturated heterocycles. The third kappa shape index (κ3) is 3.62. The van der Waals surface area contributed by atoms with E-state index in [1.54, 1.807) is 18.5 Å². The van der Waals surface area contributed by atoms with Crippen molar-refractivity contribution in [1.29, 1.82) is 0 Å². The number of anilines is 1. The molecule has 0 amide bonds. The van der Waals surface area contributed by atoms with E-state index in [0.717, 1.165) is 34.0 Å². The molecule has 0 aliphatic carbocycles. The van der Waals surface area contributed by atoms with Crippen molar-refractivity contribution in [2.75, 3.05) is 11.9 Å². The standard InChI is InChI=1S/C20H19FN6/c1-12-13(2)24-20(14-4-3-8-22-11-14)27-19(12)23-9-7-18-25-16-6-5-15(21)10-17(16)26-18/h3-6,8,10-11H,7,9H2,1-2H3,(H,25,26)(H,23,24,27). The van der Waals surface area contributed by atoms with Crippen molar-refractivity contribution >= 4 is 16.9 Å². The Bertz CT molecular complexity index is 1090. The van der Waals surface area contributed by atoms with Crippen LogP contribution >= 0.6 is 0 Å². The fourth-order valence-electron chi connectivity index (χ4n) is 2.88. The maximum absolute atomic E-state index is 13.3. The monoisotopic (exact) mass is 362 g/mol. The highest BCUT2D eigenvalue weighted by Crippen LogP contribution is 2.21. The Morgan fingerprint density at radius 2 is 2.00 bits per heavy atom. The predicted octanol–water partition coefficient (Wildman–Crippen LogP) is 3.83. The van der Waals surface area contributed by atoms with E-state index in [4.69, 9.17) is 0 Å². The average Bonchev–Trinajstić information content (AvgIpc) is 3.07. The molecule has 3 heterocycles. The summed E-state index contributed by atoms with van der Waals surface area (Å²) in [5.41, 5.74) is 4.28. The number of fused-ring (bicyclic) bond motifs is 1. The zero-order valence-corrected chi connectivity index (χ0v) is 15.1. The highest BCUT2D eigenvalue weighted by molar-refractivity contribution is 5.74. The molecule has 0 saturated carbocycles. The first-order valence-electron chi connectivity index (χ1n) is 8.74. The van der Waals surface area contributed by atoms with Crippen LogP contribution in [0.15, 0.2) is 42.7 Å². The van der Waals surface area contributed by atoms with Crippen LogP contribution in [0, 0.1) is 19.7 Å². The van der Waals surface area contributed by atoms with E-state index in [1.807, 2.05) is 26.0 Å². The van der Waals surface area contributed by atoms with Crippen molar-refractivity contribution in [2.45, 2.75) is 20.3 Å². The van der Waals surface area contributed by atoms with Gasteiger partial charge in [-0.15, -0.1) is 0 Å². The minimum absolute atomic E-state index is 0.272. The van der Waals surface area contributed by atoms with E-state index < -0.39 is 0 Å². The molecule has 1 aromatic carbocycles. The molecule has 0 fully saturated rings. The number of nitrogens with zero attached hydrogens (tertiary/aromatic N) is 4. The number of nitrogens with one attached hydrogen (secondary N) is 2. The van der Waals surface area contributed by atoms with E-state index in [2.05, 4.69) is 30.2 Å². The number of imidazole rings is 1. The SMILES string of the molecule is Cc1nc(-c2cccnc2)nc(NCCc2nc3ccc(F)cc3[nH]2)c1C. The van der Waals surface area contributed by atoms with Gasteiger partial charge in [0, 0.05) is 42.2 Å². The first kappa shape index (κ1) is 17.1. The van der Waals surface area contributed by atoms with Crippen LogP contribution in [-0.2, 0) is 6.42 Å². The summed E-state index contributed by atoms with van der Waals surface area (Å²) in [6.07, 6.45) is 4.14. The van der Waals surface area contributed by atoms with Gasteiger partial charge in [-0.2, -0.15) is 0 Å². The molecule has 3 aromatic heterocycles. The van der Waals surface area contributed by atoms with Gasteiger partial charge in [0.05, 0.1) is 11.0 Å². The highest BCUT2D eigenvalue weighted by Gasteiger charge is 2.10. The number of benzene rings is 1. The van der Waals surface area contributed by atoms with E-state index in [9.17, 15) is 4.39 Å². The Kier molecular flexibility index (Phi) is 4.50. The molecule has 7 heteroatoms. The third-order valence-corrected chi connectivity index (χ3v) is 4.46. The number of hydrogen-bond donors (Lipinski definition) is 2. The Labute approximate surface area is 155 Å². The van der Waals surface area contributed by atoms with Crippen LogP contribution in [0.5, 0.6) is 0 Å². The zero-order chi connectivity index (χ0) is 18.8. The molecular weight excluding hydrogens is 343 g/mol. The molecule has 0 atom stereocenters. The summed E-state index contributed by atoms with van der Waals surface area (Å²) in [5.74, 6) is 1.97. The second kappa shape index (κ2) is 7.11. The summed E-state index contributed by atoms with van der Waals surface area (Å²) in [5, 5.41) is 3.36. The molecule has 2 N–H and O–H groups in total. The lowest BCUT2D eigenvalue weighted by atomic mass is 10.2. The lowest BCUT2D eigenvalue weighted by molar-refractivity contribution is 0.629. The Morgan fingerprint density at radius 1 is 1.11 bits per heavy atom. The predicted molar refractivity (Wildman–Crippen MR) is 103 cm³/mol. The molecule has 136 valence electrons. The zero-order valence-electron chi connectivity index (χ0n) is 15.1. The molecule has 0 aliphatic heterocycles. The summed E-state index contributed by atoms with van der Waals surface area (Å²) in [6.45, 7) is 4.61. The number of aromatic amines is 1. The smallest absolute Gasteiger partial charge is 0.163 e. The molecule has 4 aromatic rings. The first-order chi connectivity index (χ1) is 13.1. The van der Waals surface area contributed by atoms with Crippen LogP contribution < -0.4 is 5.32 Å². The first-order valence-corrected chi connectivity index (χ1v) is 8.74. The lowest BCUT2D eigenvalue weighted by Crippen LogP contribution is -2.10. The highest BCUT2D eigenvalue weighted by atomic mass is 19.1. The minimum Gasteiger partial charge on any atom is -0.369 e. The van der Waals surface area contributed by atoms with Gasteiger partial charge in [-0.1, -0.05) is 0 Å². The Hall–Kier alpha value is -3.35. The van der Waals surface area contributed by atoms with E-state index in [-0.39, 0.29) is 5.82 Å². The number of halogens is 1. The van der Waals surface area contributed by atoms with E-state index in [0.29, 0.717) is 24.3 Å². The van der Waals surface area contributed by atoms with Crippen molar-refractivity contribution in [3.05, 3.63) is 65.6 Å². The number of hydrogen-bond acceptors (Lipinski definition) is 5. The Morgan fingerprint density at radius 3 is 2.81 bits per heavy atom. The van der Waals surface area contributed by atoms with Crippen molar-refractivity contribution in [3.8, 4) is 11.4 Å². The third-order valence-electron chi connectivity index (χ3n) is 4.46. The number of rotatable bonds is 5. The van der Waals surface area contributed by atoms with E-state index >= 15 is 0 Å². The van der Waals surface area contributed by atoms with Gasteiger partial charge in [-0.05, 0) is 44.2 Å². The summed E-state index contributed by atoms with van der Waals surface area (Å²) in [7, 11) is 0. The van der Waals surface area contributed by atoms with Gasteiger partial charge in [0.15, 0.2) is 5.82 Å². The number of aryl methyl sites for hydroxylation is 1. The summed E-state index contributed by atoms with van der Waals surface area (Å²) < 4.78 is 13.3. The normalized spacial score (nSPS) is 11.1. The molecule has 27 heavy (non-hydrogen) atoms. The van der Waals surface area contributed by atoms with Crippen LogP contribution in [0.4, 0.5) is 10.2 Å². The second-order valence-corrected chi connectivity index (χ2v) is 6.37. The van der Waals surface area contributed by atoms with Crippen molar-refractivity contribution < 1.29 is 4.39 Å². The van der Waals surface area contributed by atoms with Gasteiger partial charge in [-0.25, -0.2) is 19.3 Å². The molecule has 6 nitrogen and oxygen atoms in total.